The minimum absolute atomic E-state index is 0.00437. The number of benzene rings is 3. The first-order chi connectivity index (χ1) is 20.4. The van der Waals surface area contributed by atoms with Gasteiger partial charge >= 0.3 is 0 Å². The lowest BCUT2D eigenvalue weighted by Crippen LogP contribution is -2.13. The Bertz CT molecular complexity index is 1190. The molecule has 2 fully saturated rings. The topological polar surface area (TPSA) is 29.5 Å². The van der Waals surface area contributed by atoms with E-state index in [1.807, 2.05) is 24.3 Å². The highest BCUT2D eigenvalue weighted by atomic mass is 19.2. The summed E-state index contributed by atoms with van der Waals surface area (Å²) >= 11 is 0. The van der Waals surface area contributed by atoms with Gasteiger partial charge in [0.05, 0.1) is 0 Å². The Kier molecular flexibility index (Phi) is 12.2. The Morgan fingerprint density at radius 2 is 1.07 bits per heavy atom. The van der Waals surface area contributed by atoms with Crippen molar-refractivity contribution in [2.24, 2.45) is 11.8 Å². The highest BCUT2D eigenvalue weighted by Gasteiger charge is 2.22. The van der Waals surface area contributed by atoms with E-state index < -0.39 is 17.5 Å². The molecule has 2 aliphatic rings. The molecule has 0 aromatic heterocycles. The summed E-state index contributed by atoms with van der Waals surface area (Å²) in [4.78, 5) is 0. The predicted octanol–water partition coefficient (Wildman–Crippen LogP) is 11.2. The number of hydrogen-bond donors (Lipinski definition) is 1. The van der Waals surface area contributed by atoms with Gasteiger partial charge in [0, 0.05) is 0 Å². The summed E-state index contributed by atoms with van der Waals surface area (Å²) in [5, 5.41) is 9.27. The van der Waals surface area contributed by atoms with Crippen molar-refractivity contribution in [3.8, 4) is 11.5 Å². The summed E-state index contributed by atoms with van der Waals surface area (Å²) in [6, 6.07) is 17.6. The zero-order valence-corrected chi connectivity index (χ0v) is 25.3. The van der Waals surface area contributed by atoms with Crippen LogP contribution in [-0.2, 0) is 6.61 Å². The maximum atomic E-state index is 13.2. The molecule has 42 heavy (non-hydrogen) atoms. The molecule has 2 aliphatic carbocycles. The van der Waals surface area contributed by atoms with E-state index in [4.69, 9.17) is 4.74 Å². The molecule has 0 amide bonds. The van der Waals surface area contributed by atoms with Crippen LogP contribution in [-0.4, -0.2) is 5.11 Å². The molecule has 0 heterocycles. The number of phenols is 1. The smallest absolute Gasteiger partial charge is 0.194 e. The van der Waals surface area contributed by atoms with E-state index in [1.165, 1.54) is 88.2 Å². The number of ether oxygens (including phenoxy) is 1. The molecule has 5 heteroatoms. The van der Waals surface area contributed by atoms with Gasteiger partial charge in [0.15, 0.2) is 17.5 Å². The molecule has 0 bridgehead atoms. The van der Waals surface area contributed by atoms with Crippen molar-refractivity contribution >= 4 is 0 Å². The van der Waals surface area contributed by atoms with Crippen LogP contribution in [0.3, 0.4) is 0 Å². The molecule has 5 rings (SSSR count). The molecule has 3 aromatic rings. The van der Waals surface area contributed by atoms with E-state index in [2.05, 4.69) is 38.1 Å². The fourth-order valence-electron chi connectivity index (χ4n) is 6.83. The van der Waals surface area contributed by atoms with Gasteiger partial charge in [-0.05, 0) is 128 Å². The van der Waals surface area contributed by atoms with E-state index in [-0.39, 0.29) is 12.2 Å². The molecule has 0 spiro atoms. The zero-order valence-electron chi connectivity index (χ0n) is 25.3. The van der Waals surface area contributed by atoms with Crippen molar-refractivity contribution in [3.05, 3.63) is 94.8 Å². The molecule has 2 saturated carbocycles. The minimum atomic E-state index is -1.45. The maximum absolute atomic E-state index is 13.2. The van der Waals surface area contributed by atoms with E-state index in [0.717, 1.165) is 29.9 Å². The molecule has 0 atom stereocenters. The number of rotatable bonds is 9. The summed E-state index contributed by atoms with van der Waals surface area (Å²) < 4.78 is 45.0. The number of aromatic hydroxyl groups is 1. The Morgan fingerprint density at radius 3 is 1.50 bits per heavy atom. The lowest BCUT2D eigenvalue weighted by Gasteiger charge is -2.28. The Morgan fingerprint density at radius 1 is 0.643 bits per heavy atom. The first-order valence-corrected chi connectivity index (χ1v) is 16.0. The highest BCUT2D eigenvalue weighted by Crippen LogP contribution is 2.39. The third-order valence-electron chi connectivity index (χ3n) is 9.25. The Hall–Kier alpha value is -2.95. The van der Waals surface area contributed by atoms with Gasteiger partial charge in [-0.15, -0.1) is 0 Å². The van der Waals surface area contributed by atoms with Crippen LogP contribution in [0.25, 0.3) is 0 Å². The molecule has 2 nitrogen and oxygen atoms in total. The molecule has 3 aromatic carbocycles. The van der Waals surface area contributed by atoms with Crippen LogP contribution in [0.1, 0.15) is 119 Å². The first-order valence-electron chi connectivity index (χ1n) is 16.0. The van der Waals surface area contributed by atoms with E-state index in [9.17, 15) is 18.3 Å². The maximum Gasteiger partial charge on any atom is 0.194 e. The van der Waals surface area contributed by atoms with Crippen molar-refractivity contribution in [1.29, 1.82) is 0 Å². The average molecular weight is 581 g/mol. The van der Waals surface area contributed by atoms with Crippen molar-refractivity contribution in [1.82, 2.24) is 0 Å². The Labute approximate surface area is 250 Å². The standard InChI is InChI=1S/C22H25F3O.C15H22O/c1-2-3-15-4-6-17(7-5-15)18-8-10-19(11-9-18)26-14-16-12-20(23)22(25)21(24)13-16;1-2-3-12-4-6-13(7-5-12)14-8-10-15(16)11-9-14/h8-13,15,17H,2-7,14H2,1H3;8-13,16H,2-7H2,1H3. The second-order valence-electron chi connectivity index (χ2n) is 12.3. The number of phenolic OH excluding ortho intramolecular Hbond substituents is 1. The third-order valence-corrected chi connectivity index (χ3v) is 9.25. The van der Waals surface area contributed by atoms with Gasteiger partial charge in [0.2, 0.25) is 0 Å². The monoisotopic (exact) mass is 580 g/mol. The van der Waals surface area contributed by atoms with Crippen molar-refractivity contribution in [2.75, 3.05) is 0 Å². The summed E-state index contributed by atoms with van der Waals surface area (Å²) in [5.74, 6) is 0.365. The van der Waals surface area contributed by atoms with Crippen molar-refractivity contribution < 1.29 is 23.0 Å². The molecule has 0 saturated heterocycles. The number of hydrogen-bond acceptors (Lipinski definition) is 2. The Balaban J connectivity index is 0.000000216. The van der Waals surface area contributed by atoms with E-state index in [1.54, 1.807) is 0 Å². The second kappa shape index (κ2) is 16.0. The van der Waals surface area contributed by atoms with E-state index >= 15 is 0 Å². The zero-order chi connectivity index (χ0) is 29.9. The van der Waals surface area contributed by atoms with Crippen LogP contribution in [0.5, 0.6) is 11.5 Å². The molecule has 1 N–H and O–H groups in total. The predicted molar refractivity (Wildman–Crippen MR) is 164 cm³/mol. The van der Waals surface area contributed by atoms with Crippen LogP contribution in [0.2, 0.25) is 0 Å². The summed E-state index contributed by atoms with van der Waals surface area (Å²) in [5.41, 5.74) is 3.00. The quantitative estimate of drug-likeness (QED) is 0.255. The molecular formula is C37H47F3O2. The normalized spacial score (nSPS) is 22.2. The third kappa shape index (κ3) is 9.28. The number of halogens is 3. The van der Waals surface area contributed by atoms with Crippen LogP contribution in [0, 0.1) is 29.3 Å². The average Bonchev–Trinajstić information content (AvgIpc) is 3.01. The summed E-state index contributed by atoms with van der Waals surface area (Å²) in [7, 11) is 0. The fraction of sp³-hybridized carbons (Fsp3) is 0.514. The lowest BCUT2D eigenvalue weighted by atomic mass is 9.77. The SMILES string of the molecule is CCCC1CCC(c2ccc(O)cc2)CC1.CCCC1CCC(c2ccc(OCc3cc(F)c(F)c(F)c3)cc2)CC1. The van der Waals surface area contributed by atoms with Gasteiger partial charge in [-0.3, -0.25) is 0 Å². The van der Waals surface area contributed by atoms with E-state index in [0.29, 0.717) is 17.4 Å². The summed E-state index contributed by atoms with van der Waals surface area (Å²) in [6.45, 7) is 4.53. The largest absolute Gasteiger partial charge is 0.508 e. The van der Waals surface area contributed by atoms with Gasteiger partial charge in [0.25, 0.3) is 0 Å². The molecule has 0 aliphatic heterocycles. The first kappa shape index (κ1) is 32.0. The van der Waals surface area contributed by atoms with Gasteiger partial charge < -0.3 is 9.84 Å². The minimum Gasteiger partial charge on any atom is -0.508 e. The van der Waals surface area contributed by atoms with Crippen molar-refractivity contribution in [3.63, 3.8) is 0 Å². The van der Waals surface area contributed by atoms with Crippen molar-refractivity contribution in [2.45, 2.75) is 109 Å². The fourth-order valence-corrected chi connectivity index (χ4v) is 6.83. The van der Waals surface area contributed by atoms with Gasteiger partial charge in [-0.1, -0.05) is 63.8 Å². The second-order valence-corrected chi connectivity index (χ2v) is 12.3. The van der Waals surface area contributed by atoms with Crippen LogP contribution in [0.15, 0.2) is 60.7 Å². The van der Waals surface area contributed by atoms with Gasteiger partial charge in [-0.25, -0.2) is 13.2 Å². The van der Waals surface area contributed by atoms with Crippen LogP contribution in [0.4, 0.5) is 13.2 Å². The molecule has 228 valence electrons. The van der Waals surface area contributed by atoms with Gasteiger partial charge in [-0.2, -0.15) is 0 Å². The molecular weight excluding hydrogens is 533 g/mol. The van der Waals surface area contributed by atoms with Crippen LogP contribution < -0.4 is 4.74 Å². The molecule has 0 radical (unpaired) electrons. The van der Waals surface area contributed by atoms with Crippen LogP contribution >= 0.6 is 0 Å². The highest BCUT2D eigenvalue weighted by molar-refractivity contribution is 5.31. The lowest BCUT2D eigenvalue weighted by molar-refractivity contribution is 0.301. The van der Waals surface area contributed by atoms with Gasteiger partial charge in [0.1, 0.15) is 18.1 Å². The summed E-state index contributed by atoms with van der Waals surface area (Å²) in [6.07, 6.45) is 15.8. The molecule has 0 unspecified atom stereocenters.